The van der Waals surface area contributed by atoms with Gasteiger partial charge in [0.15, 0.2) is 0 Å². The Bertz CT molecular complexity index is 1020. The predicted octanol–water partition coefficient (Wildman–Crippen LogP) is 1.83. The van der Waals surface area contributed by atoms with Crippen LogP contribution in [0.4, 0.5) is 9.18 Å². The van der Waals surface area contributed by atoms with Crippen molar-refractivity contribution in [3.05, 3.63) is 40.3 Å². The first-order chi connectivity index (χ1) is 13.5. The second-order valence-corrected chi connectivity index (χ2v) is 7.58. The molecule has 1 aromatic carbocycles. The average Bonchev–Trinajstić information content (AvgIpc) is 3.02. The number of nitrogens with one attached hydrogen (secondary N) is 1. The molecule has 0 atom stereocenters. The number of halogens is 2. The van der Waals surface area contributed by atoms with Gasteiger partial charge in [-0.2, -0.15) is 5.10 Å². The van der Waals surface area contributed by atoms with E-state index in [-0.39, 0.29) is 35.9 Å². The highest BCUT2D eigenvalue weighted by Gasteiger charge is 2.34. The van der Waals surface area contributed by atoms with Gasteiger partial charge < -0.3 is 21.1 Å². The van der Waals surface area contributed by atoms with Crippen LogP contribution in [0.3, 0.4) is 0 Å². The zero-order valence-corrected chi connectivity index (χ0v) is 16.5. The maximum Gasteiger partial charge on any atom is 0.328 e. The molecule has 29 heavy (non-hydrogen) atoms. The largest absolute Gasteiger partial charge is 0.480 e. The van der Waals surface area contributed by atoms with Crippen LogP contribution >= 0.6 is 11.6 Å². The number of amides is 3. The Balaban J connectivity index is 1.95. The van der Waals surface area contributed by atoms with E-state index in [9.17, 15) is 23.9 Å². The standard InChI is InChI=1S/C18H19ClFN5O4/c1-18(2,16(27)28)22-17(29)24-5-6-25-12(8-24)13(15(21)26)14(23-25)9-3-4-11(20)10(19)7-9/h3-4,7H,5-6,8H2,1-2H3,(H2,21,26)(H,22,29)(H,27,28). The van der Waals surface area contributed by atoms with Crippen molar-refractivity contribution >= 4 is 29.5 Å². The summed E-state index contributed by atoms with van der Waals surface area (Å²) in [5.41, 5.74) is 5.25. The molecular formula is C18H19ClFN5O4. The summed E-state index contributed by atoms with van der Waals surface area (Å²) >= 11 is 5.84. The molecule has 3 amide bonds. The SMILES string of the molecule is CC(C)(NC(=O)N1CCn2nc(-c3ccc(F)c(Cl)c3)c(C(N)=O)c2C1)C(=O)O. The number of aliphatic carboxylic acids is 1. The van der Waals surface area contributed by atoms with E-state index in [2.05, 4.69) is 10.4 Å². The number of nitrogens with two attached hydrogens (primary N) is 1. The Labute approximate surface area is 170 Å². The maximum absolute atomic E-state index is 13.5. The van der Waals surface area contributed by atoms with E-state index in [0.29, 0.717) is 11.3 Å². The monoisotopic (exact) mass is 423 g/mol. The van der Waals surface area contributed by atoms with Gasteiger partial charge in [0.05, 0.1) is 29.4 Å². The lowest BCUT2D eigenvalue weighted by atomic mass is 10.0. The summed E-state index contributed by atoms with van der Waals surface area (Å²) in [5, 5.41) is 15.9. The quantitative estimate of drug-likeness (QED) is 0.690. The first-order valence-corrected chi connectivity index (χ1v) is 9.04. The fraction of sp³-hybridized carbons (Fsp3) is 0.333. The summed E-state index contributed by atoms with van der Waals surface area (Å²) in [5.74, 6) is -2.54. The molecule has 0 aliphatic carbocycles. The second kappa shape index (κ2) is 7.36. The number of rotatable bonds is 4. The zero-order chi connectivity index (χ0) is 21.5. The highest BCUT2D eigenvalue weighted by molar-refractivity contribution is 6.31. The number of fused-ring (bicyclic) bond motifs is 1. The van der Waals surface area contributed by atoms with E-state index in [1.54, 1.807) is 4.68 Å². The summed E-state index contributed by atoms with van der Waals surface area (Å²) in [6.07, 6.45) is 0. The van der Waals surface area contributed by atoms with Crippen molar-refractivity contribution in [3.63, 3.8) is 0 Å². The van der Waals surface area contributed by atoms with Gasteiger partial charge in [0, 0.05) is 12.1 Å². The maximum atomic E-state index is 13.5. The predicted molar refractivity (Wildman–Crippen MR) is 102 cm³/mol. The lowest BCUT2D eigenvalue weighted by molar-refractivity contribution is -0.143. The van der Waals surface area contributed by atoms with Crippen LogP contribution in [0.2, 0.25) is 5.02 Å². The number of hydrogen-bond acceptors (Lipinski definition) is 4. The van der Waals surface area contributed by atoms with Gasteiger partial charge in [0.2, 0.25) is 0 Å². The van der Waals surface area contributed by atoms with Crippen molar-refractivity contribution in [3.8, 4) is 11.3 Å². The summed E-state index contributed by atoms with van der Waals surface area (Å²) in [6, 6.07) is 3.35. The third-order valence-corrected chi connectivity index (χ3v) is 4.95. The molecule has 154 valence electrons. The van der Waals surface area contributed by atoms with E-state index in [0.717, 1.165) is 6.07 Å². The third kappa shape index (κ3) is 3.88. The fourth-order valence-electron chi connectivity index (χ4n) is 3.00. The van der Waals surface area contributed by atoms with Gasteiger partial charge in [-0.1, -0.05) is 11.6 Å². The van der Waals surface area contributed by atoms with Gasteiger partial charge in [-0.3, -0.25) is 9.48 Å². The topological polar surface area (TPSA) is 131 Å². The van der Waals surface area contributed by atoms with Crippen LogP contribution < -0.4 is 11.1 Å². The normalized spacial score (nSPS) is 13.7. The Kier molecular flexibility index (Phi) is 5.22. The molecule has 1 aliphatic heterocycles. The van der Waals surface area contributed by atoms with Crippen LogP contribution in [0.15, 0.2) is 18.2 Å². The number of primary amides is 1. The van der Waals surface area contributed by atoms with Gasteiger partial charge in [-0.25, -0.2) is 14.0 Å². The first-order valence-electron chi connectivity index (χ1n) is 8.66. The molecular weight excluding hydrogens is 405 g/mol. The minimum Gasteiger partial charge on any atom is -0.480 e. The van der Waals surface area contributed by atoms with Gasteiger partial charge in [-0.15, -0.1) is 0 Å². The van der Waals surface area contributed by atoms with Crippen LogP contribution in [0.1, 0.15) is 29.9 Å². The lowest BCUT2D eigenvalue weighted by Crippen LogP contribution is -2.55. The molecule has 0 saturated carbocycles. The van der Waals surface area contributed by atoms with Crippen molar-refractivity contribution in [2.24, 2.45) is 5.73 Å². The number of nitrogens with zero attached hydrogens (tertiary/aromatic N) is 3. The van der Waals surface area contributed by atoms with E-state index in [4.69, 9.17) is 17.3 Å². The average molecular weight is 424 g/mol. The fourth-order valence-corrected chi connectivity index (χ4v) is 3.18. The smallest absolute Gasteiger partial charge is 0.328 e. The molecule has 2 heterocycles. The van der Waals surface area contributed by atoms with Crippen molar-refractivity contribution in [1.29, 1.82) is 0 Å². The van der Waals surface area contributed by atoms with Gasteiger partial charge >= 0.3 is 12.0 Å². The molecule has 0 spiro atoms. The van der Waals surface area contributed by atoms with Gasteiger partial charge in [0.25, 0.3) is 5.91 Å². The van der Waals surface area contributed by atoms with Crippen LogP contribution in [0.25, 0.3) is 11.3 Å². The minimum atomic E-state index is -1.46. The Morgan fingerprint density at radius 1 is 1.31 bits per heavy atom. The molecule has 0 fully saturated rings. The van der Waals surface area contributed by atoms with Crippen LogP contribution in [0.5, 0.6) is 0 Å². The Morgan fingerprint density at radius 2 is 2.00 bits per heavy atom. The Hall–Kier alpha value is -3.14. The first kappa shape index (κ1) is 20.6. The highest BCUT2D eigenvalue weighted by atomic mass is 35.5. The molecule has 1 aliphatic rings. The molecule has 2 aromatic rings. The summed E-state index contributed by atoms with van der Waals surface area (Å²) < 4.78 is 15.0. The molecule has 0 radical (unpaired) electrons. The number of hydrogen-bond donors (Lipinski definition) is 3. The highest BCUT2D eigenvalue weighted by Crippen LogP contribution is 2.30. The molecule has 4 N–H and O–H groups in total. The number of carboxylic acids is 1. The zero-order valence-electron chi connectivity index (χ0n) is 15.7. The molecule has 9 nitrogen and oxygen atoms in total. The minimum absolute atomic E-state index is 0.00172. The van der Waals surface area contributed by atoms with Crippen molar-refractivity contribution < 1.29 is 23.9 Å². The molecule has 1 aromatic heterocycles. The number of urea groups is 1. The van der Waals surface area contributed by atoms with Crippen LogP contribution in [-0.2, 0) is 17.9 Å². The number of carbonyl (C=O) groups is 3. The van der Waals surface area contributed by atoms with Crippen molar-refractivity contribution in [2.75, 3.05) is 6.54 Å². The Morgan fingerprint density at radius 3 is 2.59 bits per heavy atom. The molecule has 0 saturated heterocycles. The summed E-state index contributed by atoms with van der Waals surface area (Å²) in [4.78, 5) is 37.3. The molecule has 0 unspecified atom stereocenters. The molecule has 11 heteroatoms. The van der Waals surface area contributed by atoms with Crippen LogP contribution in [-0.4, -0.2) is 49.8 Å². The van der Waals surface area contributed by atoms with Crippen molar-refractivity contribution in [1.82, 2.24) is 20.0 Å². The number of aromatic nitrogens is 2. The molecule has 3 rings (SSSR count). The number of carboxylic acid groups (broad SMARTS) is 1. The summed E-state index contributed by atoms with van der Waals surface area (Å²) in [6.45, 7) is 3.25. The second-order valence-electron chi connectivity index (χ2n) is 7.17. The van der Waals surface area contributed by atoms with Crippen molar-refractivity contribution in [2.45, 2.75) is 32.5 Å². The van der Waals surface area contributed by atoms with Crippen LogP contribution in [0, 0.1) is 5.82 Å². The van der Waals surface area contributed by atoms with Gasteiger partial charge in [-0.05, 0) is 32.0 Å². The molecule has 0 bridgehead atoms. The lowest BCUT2D eigenvalue weighted by Gasteiger charge is -2.31. The summed E-state index contributed by atoms with van der Waals surface area (Å²) in [7, 11) is 0. The van der Waals surface area contributed by atoms with E-state index in [1.807, 2.05) is 0 Å². The van der Waals surface area contributed by atoms with E-state index in [1.165, 1.54) is 30.9 Å². The number of benzene rings is 1. The third-order valence-electron chi connectivity index (χ3n) is 4.66. The van der Waals surface area contributed by atoms with Gasteiger partial charge in [0.1, 0.15) is 17.1 Å². The van der Waals surface area contributed by atoms with E-state index >= 15 is 0 Å². The number of carbonyl (C=O) groups excluding carboxylic acids is 2. The van der Waals surface area contributed by atoms with E-state index < -0.39 is 29.3 Å².